The van der Waals surface area contributed by atoms with Gasteiger partial charge in [0.25, 0.3) is 5.91 Å². The molecule has 0 atom stereocenters. The molecular weight excluding hydrogens is 306 g/mol. The average molecular weight is 325 g/mol. The molecule has 3 amide bonds. The van der Waals surface area contributed by atoms with E-state index in [1.165, 1.54) is 24.3 Å². The molecule has 6 nitrogen and oxygen atoms in total. The molecule has 0 radical (unpaired) electrons. The van der Waals surface area contributed by atoms with Crippen LogP contribution in [-0.2, 0) is 4.79 Å². The summed E-state index contributed by atoms with van der Waals surface area (Å²) in [7, 11) is 0. The van der Waals surface area contributed by atoms with Gasteiger partial charge in [0.2, 0.25) is 11.8 Å². The largest absolute Gasteiger partial charge is 0.366 e. The molecule has 0 fully saturated rings. The van der Waals surface area contributed by atoms with Crippen molar-refractivity contribution in [2.75, 3.05) is 10.6 Å². The highest BCUT2D eigenvalue weighted by Gasteiger charge is 2.09. The fourth-order valence-electron chi connectivity index (χ4n) is 1.91. The minimum absolute atomic E-state index is 0.0682. The Labute approximate surface area is 140 Å². The molecule has 6 heteroatoms. The Morgan fingerprint density at radius 2 is 1.25 bits per heavy atom. The third-order valence-electron chi connectivity index (χ3n) is 3.37. The standard InChI is InChI=1S/C18H19N3O3/c1-11(2)17(23)20-14-7-9-15(10-8-14)21-18(24)13-5-3-12(4-6-13)16(19)22/h3-11H,1-2H3,(H2,19,22)(H,20,23)(H,21,24). The van der Waals surface area contributed by atoms with Crippen LogP contribution in [0.5, 0.6) is 0 Å². The Kier molecular flexibility index (Phi) is 5.31. The van der Waals surface area contributed by atoms with Gasteiger partial charge in [-0.3, -0.25) is 14.4 Å². The number of carbonyl (C=O) groups is 3. The van der Waals surface area contributed by atoms with Crippen LogP contribution in [-0.4, -0.2) is 17.7 Å². The zero-order valence-corrected chi connectivity index (χ0v) is 13.5. The number of nitrogens with two attached hydrogens (primary N) is 1. The Balaban J connectivity index is 2.01. The van der Waals surface area contributed by atoms with Crippen molar-refractivity contribution < 1.29 is 14.4 Å². The summed E-state index contributed by atoms with van der Waals surface area (Å²) in [5, 5.41) is 5.52. The van der Waals surface area contributed by atoms with Crippen molar-refractivity contribution in [2.45, 2.75) is 13.8 Å². The van der Waals surface area contributed by atoms with E-state index in [1.807, 2.05) is 13.8 Å². The van der Waals surface area contributed by atoms with E-state index in [0.29, 0.717) is 22.5 Å². The molecule has 0 aromatic heterocycles. The van der Waals surface area contributed by atoms with Crippen LogP contribution in [0.3, 0.4) is 0 Å². The van der Waals surface area contributed by atoms with Crippen molar-refractivity contribution in [1.29, 1.82) is 0 Å². The van der Waals surface area contributed by atoms with Crippen LogP contribution in [0.15, 0.2) is 48.5 Å². The second-order valence-corrected chi connectivity index (χ2v) is 5.62. The number of nitrogens with one attached hydrogen (secondary N) is 2. The maximum atomic E-state index is 12.2. The number of benzene rings is 2. The molecule has 2 aromatic carbocycles. The van der Waals surface area contributed by atoms with Gasteiger partial charge in [0, 0.05) is 28.4 Å². The van der Waals surface area contributed by atoms with E-state index in [2.05, 4.69) is 10.6 Å². The first-order valence-electron chi connectivity index (χ1n) is 7.49. The normalized spacial score (nSPS) is 10.3. The van der Waals surface area contributed by atoms with Gasteiger partial charge in [0.1, 0.15) is 0 Å². The number of rotatable bonds is 5. The molecule has 0 bridgehead atoms. The maximum absolute atomic E-state index is 12.2. The van der Waals surface area contributed by atoms with E-state index in [4.69, 9.17) is 5.73 Å². The zero-order valence-electron chi connectivity index (χ0n) is 13.5. The lowest BCUT2D eigenvalue weighted by molar-refractivity contribution is -0.118. The van der Waals surface area contributed by atoms with Gasteiger partial charge >= 0.3 is 0 Å². The van der Waals surface area contributed by atoms with Gasteiger partial charge in [0.05, 0.1) is 0 Å². The van der Waals surface area contributed by atoms with Gasteiger partial charge in [-0.15, -0.1) is 0 Å². The molecule has 0 aliphatic carbocycles. The van der Waals surface area contributed by atoms with Crippen LogP contribution in [0.2, 0.25) is 0 Å². The third-order valence-corrected chi connectivity index (χ3v) is 3.37. The number of hydrogen-bond acceptors (Lipinski definition) is 3. The summed E-state index contributed by atoms with van der Waals surface area (Å²) in [4.78, 5) is 34.8. The second kappa shape index (κ2) is 7.41. The fraction of sp³-hybridized carbons (Fsp3) is 0.167. The van der Waals surface area contributed by atoms with Gasteiger partial charge in [-0.2, -0.15) is 0 Å². The highest BCUT2D eigenvalue weighted by Crippen LogP contribution is 2.15. The van der Waals surface area contributed by atoms with Crippen LogP contribution in [0.4, 0.5) is 11.4 Å². The molecule has 4 N–H and O–H groups in total. The number of carbonyl (C=O) groups excluding carboxylic acids is 3. The van der Waals surface area contributed by atoms with Gasteiger partial charge < -0.3 is 16.4 Å². The zero-order chi connectivity index (χ0) is 17.7. The SMILES string of the molecule is CC(C)C(=O)Nc1ccc(NC(=O)c2ccc(C(N)=O)cc2)cc1. The molecule has 0 unspecified atom stereocenters. The molecule has 24 heavy (non-hydrogen) atoms. The number of primary amides is 1. The average Bonchev–Trinajstić information content (AvgIpc) is 2.56. The van der Waals surface area contributed by atoms with Gasteiger partial charge in [-0.25, -0.2) is 0 Å². The van der Waals surface area contributed by atoms with Crippen molar-refractivity contribution in [1.82, 2.24) is 0 Å². The first-order chi connectivity index (χ1) is 11.4. The maximum Gasteiger partial charge on any atom is 0.255 e. The van der Waals surface area contributed by atoms with Crippen molar-refractivity contribution in [3.05, 3.63) is 59.7 Å². The van der Waals surface area contributed by atoms with Crippen LogP contribution >= 0.6 is 0 Å². The second-order valence-electron chi connectivity index (χ2n) is 5.62. The monoisotopic (exact) mass is 325 g/mol. The van der Waals surface area contributed by atoms with E-state index in [-0.39, 0.29) is 17.7 Å². The highest BCUT2D eigenvalue weighted by molar-refractivity contribution is 6.05. The molecule has 2 aromatic rings. The van der Waals surface area contributed by atoms with Gasteiger partial charge in [0.15, 0.2) is 0 Å². The summed E-state index contributed by atoms with van der Waals surface area (Å²) >= 11 is 0. The van der Waals surface area contributed by atoms with Gasteiger partial charge in [-0.05, 0) is 48.5 Å². The number of anilines is 2. The molecule has 0 saturated carbocycles. The Morgan fingerprint density at radius 1 is 0.792 bits per heavy atom. The Bertz CT molecular complexity index is 750. The molecule has 0 aliphatic rings. The first kappa shape index (κ1) is 17.2. The molecule has 0 aliphatic heterocycles. The van der Waals surface area contributed by atoms with Crippen LogP contribution < -0.4 is 16.4 Å². The minimum Gasteiger partial charge on any atom is -0.366 e. The quantitative estimate of drug-likeness (QED) is 0.787. The predicted molar refractivity (Wildman–Crippen MR) is 92.8 cm³/mol. The summed E-state index contributed by atoms with van der Waals surface area (Å²) in [6.07, 6.45) is 0. The van der Waals surface area contributed by atoms with Crippen molar-refractivity contribution in [3.8, 4) is 0 Å². The molecule has 2 rings (SSSR count). The Hall–Kier alpha value is -3.15. The van der Waals surface area contributed by atoms with Crippen molar-refractivity contribution in [2.24, 2.45) is 11.7 Å². The molecule has 124 valence electrons. The van der Waals surface area contributed by atoms with Crippen molar-refractivity contribution >= 4 is 29.1 Å². The summed E-state index contributed by atoms with van der Waals surface area (Å²) < 4.78 is 0. The molecular formula is C18H19N3O3. The molecule has 0 spiro atoms. The third kappa shape index (κ3) is 4.42. The fourth-order valence-corrected chi connectivity index (χ4v) is 1.91. The van der Waals surface area contributed by atoms with Crippen LogP contribution in [0.25, 0.3) is 0 Å². The lowest BCUT2D eigenvalue weighted by Crippen LogP contribution is -2.17. The number of amides is 3. The van der Waals surface area contributed by atoms with E-state index >= 15 is 0 Å². The van der Waals surface area contributed by atoms with E-state index < -0.39 is 5.91 Å². The summed E-state index contributed by atoms with van der Waals surface area (Å²) in [5.74, 6) is -1.01. The highest BCUT2D eigenvalue weighted by atomic mass is 16.2. The lowest BCUT2D eigenvalue weighted by atomic mass is 10.1. The minimum atomic E-state index is -0.541. The topological polar surface area (TPSA) is 101 Å². The van der Waals surface area contributed by atoms with Crippen LogP contribution in [0, 0.1) is 5.92 Å². The summed E-state index contributed by atoms with van der Waals surface area (Å²) in [5.41, 5.74) is 7.18. The summed E-state index contributed by atoms with van der Waals surface area (Å²) in [6, 6.07) is 12.9. The van der Waals surface area contributed by atoms with E-state index in [9.17, 15) is 14.4 Å². The van der Waals surface area contributed by atoms with Crippen molar-refractivity contribution in [3.63, 3.8) is 0 Å². The predicted octanol–water partition coefficient (Wildman–Crippen LogP) is 2.63. The number of hydrogen-bond donors (Lipinski definition) is 3. The molecule has 0 saturated heterocycles. The van der Waals surface area contributed by atoms with Crippen LogP contribution in [0.1, 0.15) is 34.6 Å². The van der Waals surface area contributed by atoms with E-state index in [1.54, 1.807) is 24.3 Å². The Morgan fingerprint density at radius 3 is 1.71 bits per heavy atom. The lowest BCUT2D eigenvalue weighted by Gasteiger charge is -2.09. The van der Waals surface area contributed by atoms with Gasteiger partial charge in [-0.1, -0.05) is 13.8 Å². The molecule has 0 heterocycles. The smallest absolute Gasteiger partial charge is 0.255 e. The summed E-state index contributed by atoms with van der Waals surface area (Å²) in [6.45, 7) is 3.63. The first-order valence-corrected chi connectivity index (χ1v) is 7.49. The van der Waals surface area contributed by atoms with E-state index in [0.717, 1.165) is 0 Å².